The van der Waals surface area contributed by atoms with Crippen molar-refractivity contribution in [3.63, 3.8) is 0 Å². The van der Waals surface area contributed by atoms with Gasteiger partial charge in [-0.15, -0.1) is 15.3 Å². The molecule has 17 heteroatoms. The minimum Gasteiger partial charge on any atom is -0.510 e. The fourth-order valence-corrected chi connectivity index (χ4v) is 4.84. The van der Waals surface area contributed by atoms with Gasteiger partial charge in [0.1, 0.15) is 27.8 Å². The summed E-state index contributed by atoms with van der Waals surface area (Å²) in [4.78, 5) is 11.3. The summed E-state index contributed by atoms with van der Waals surface area (Å²) in [5, 5.41) is 48.5. The molecular weight excluding hydrogens is 604 g/mol. The van der Waals surface area contributed by atoms with Crippen molar-refractivity contribution >= 4 is 59.6 Å². The van der Waals surface area contributed by atoms with E-state index < -0.39 is 70.2 Å². The number of aliphatic hydroxyl groups is 1. The molecule has 7 N–H and O–H groups in total. The van der Waals surface area contributed by atoms with Gasteiger partial charge in [-0.05, 0) is 66.9 Å². The number of aliphatic hydroxyl groups excluding tert-OH is 1. The predicted molar refractivity (Wildman–Crippen MR) is 154 cm³/mol. The molecule has 0 spiro atoms. The monoisotopic (exact) mass is 626 g/mol. The molecular formula is C26H22N6O9S2. The van der Waals surface area contributed by atoms with E-state index in [-0.39, 0.29) is 16.5 Å². The van der Waals surface area contributed by atoms with Crippen LogP contribution in [0.2, 0.25) is 0 Å². The summed E-state index contributed by atoms with van der Waals surface area (Å²) in [5.74, 6) is -2.46. The second-order valence-corrected chi connectivity index (χ2v) is 11.7. The minimum atomic E-state index is -5.02. The van der Waals surface area contributed by atoms with Crippen molar-refractivity contribution in [1.82, 2.24) is 0 Å². The number of carbonyl (C=O) groups excluding carboxylic acids is 1. The number of nitrogens with zero attached hydrogens (tertiary/aromatic N) is 4. The maximum atomic E-state index is 12.6. The number of benzene rings is 4. The molecule has 0 fully saturated rings. The normalized spacial score (nSPS) is 14.1. The summed E-state index contributed by atoms with van der Waals surface area (Å²) in [6.45, 7) is 1.23. The number of para-hydroxylation sites is 1. The van der Waals surface area contributed by atoms with E-state index in [1.165, 1.54) is 25.1 Å². The second-order valence-electron chi connectivity index (χ2n) is 8.78. The van der Waals surface area contributed by atoms with E-state index in [1.54, 1.807) is 30.3 Å². The van der Waals surface area contributed by atoms with Gasteiger partial charge in [0.2, 0.25) is 0 Å². The van der Waals surface area contributed by atoms with Crippen molar-refractivity contribution in [2.75, 3.05) is 5.32 Å². The predicted octanol–water partition coefficient (Wildman–Crippen LogP) is 6.30. The fraction of sp³-hybridized carbons (Fsp3) is 0.0385. The molecule has 0 aliphatic carbocycles. The van der Waals surface area contributed by atoms with Crippen molar-refractivity contribution < 1.29 is 41.8 Å². The number of aromatic hydroxyl groups is 2. The molecule has 222 valence electrons. The van der Waals surface area contributed by atoms with Crippen LogP contribution in [0.5, 0.6) is 11.5 Å². The zero-order chi connectivity index (χ0) is 31.5. The molecule has 1 amide bonds. The molecule has 4 rings (SSSR count). The minimum absolute atomic E-state index is 0.0266. The maximum absolute atomic E-state index is 12.6. The number of anilines is 1. The van der Waals surface area contributed by atoms with Crippen LogP contribution in [-0.4, -0.2) is 43.0 Å². The van der Waals surface area contributed by atoms with Crippen LogP contribution in [0.15, 0.2) is 115 Å². The van der Waals surface area contributed by atoms with E-state index in [9.17, 15) is 41.8 Å². The van der Waals surface area contributed by atoms with E-state index in [0.717, 1.165) is 24.3 Å². The lowest BCUT2D eigenvalue weighted by molar-refractivity contribution is -0.113. The summed E-state index contributed by atoms with van der Waals surface area (Å²) in [5.41, 5.74) is -1.04. The standard InChI is InChI=1S/C26H22N6O9S2/c1-14(33)23(26(36)28-16-5-3-2-4-6-16)31-29-17-7-9-19-15(11-17)12-22(43(39,40)41)24(25(19)35)32-30-20-13-18(42(27,37)38)8-10-21(20)34/h2-13,33-35H,1H3,(H,28,36)(H2,27,37,38)(H,39,40,41)/b23-14+,31-29?,32-30?. The highest BCUT2D eigenvalue weighted by Gasteiger charge is 2.23. The zero-order valence-electron chi connectivity index (χ0n) is 21.9. The number of allylic oxidation sites excluding steroid dienone is 1. The number of phenolic OH excluding ortho intramolecular Hbond substituents is 2. The van der Waals surface area contributed by atoms with Crippen LogP contribution in [0.1, 0.15) is 6.92 Å². The molecule has 0 heterocycles. The number of fused-ring (bicyclic) bond motifs is 1. The second kappa shape index (κ2) is 11.9. The highest BCUT2D eigenvalue weighted by Crippen LogP contribution is 2.43. The van der Waals surface area contributed by atoms with Crippen molar-refractivity contribution in [3.05, 3.63) is 84.3 Å². The van der Waals surface area contributed by atoms with Crippen LogP contribution in [0, 0.1) is 4.78 Å². The van der Waals surface area contributed by atoms with Gasteiger partial charge in [-0.25, -0.2) is 8.99 Å². The maximum Gasteiger partial charge on any atom is 0.296 e. The highest BCUT2D eigenvalue weighted by molar-refractivity contribution is 7.87. The summed E-state index contributed by atoms with van der Waals surface area (Å²) >= 11 is 0. The van der Waals surface area contributed by atoms with Crippen LogP contribution in [0.4, 0.5) is 22.7 Å². The quantitative estimate of drug-likeness (QED) is 0.0500. The first-order valence-corrected chi connectivity index (χ1v) is 14.8. The highest BCUT2D eigenvalue weighted by atomic mass is 32.2. The first-order valence-electron chi connectivity index (χ1n) is 11.9. The van der Waals surface area contributed by atoms with E-state index in [1.807, 2.05) is 0 Å². The molecule has 0 aromatic heterocycles. The number of amides is 1. The molecule has 1 atom stereocenters. The van der Waals surface area contributed by atoms with E-state index >= 15 is 0 Å². The molecule has 43 heavy (non-hydrogen) atoms. The number of azo groups is 2. The van der Waals surface area contributed by atoms with Crippen molar-refractivity contribution in [1.29, 1.82) is 4.78 Å². The molecule has 0 aliphatic rings. The third kappa shape index (κ3) is 7.16. The van der Waals surface area contributed by atoms with Gasteiger partial charge in [0.15, 0.2) is 21.5 Å². The summed E-state index contributed by atoms with van der Waals surface area (Å²) in [6, 6.07) is 16.1. The number of carbonyl (C=O) groups is 1. The van der Waals surface area contributed by atoms with Gasteiger partial charge in [-0.2, -0.15) is 13.5 Å². The number of phenols is 2. The van der Waals surface area contributed by atoms with Crippen molar-refractivity contribution in [2.24, 2.45) is 20.5 Å². The van der Waals surface area contributed by atoms with Gasteiger partial charge >= 0.3 is 0 Å². The van der Waals surface area contributed by atoms with Crippen molar-refractivity contribution in [3.8, 4) is 11.5 Å². The molecule has 0 saturated heterocycles. The summed E-state index contributed by atoms with van der Waals surface area (Å²) in [7, 11) is -9.21. The van der Waals surface area contributed by atoms with Crippen LogP contribution < -0.4 is 5.32 Å². The lowest BCUT2D eigenvalue weighted by atomic mass is 10.1. The molecule has 4 aromatic rings. The number of nitrogens with one attached hydrogen (secondary N) is 2. The molecule has 1 unspecified atom stereocenters. The molecule has 15 nitrogen and oxygen atoms in total. The Hall–Kier alpha value is -5.23. The number of hydrogen-bond acceptors (Lipinski definition) is 12. The third-order valence-electron chi connectivity index (χ3n) is 5.69. The molecule has 4 aromatic carbocycles. The van der Waals surface area contributed by atoms with E-state index in [0.29, 0.717) is 5.69 Å². The number of hydrogen-bond donors (Lipinski definition) is 7. The molecule has 0 bridgehead atoms. The average molecular weight is 627 g/mol. The Labute approximate surface area is 244 Å². The number of rotatable bonds is 8. The first kappa shape index (κ1) is 30.7. The lowest BCUT2D eigenvalue weighted by Gasteiger charge is -2.09. The Morgan fingerprint density at radius 2 is 1.58 bits per heavy atom. The molecule has 0 aliphatic heterocycles. The first-order chi connectivity index (χ1) is 20.1. The van der Waals surface area contributed by atoms with Gasteiger partial charge in [0.05, 0.1) is 10.6 Å². The summed E-state index contributed by atoms with van der Waals surface area (Å²) < 4.78 is 62.6. The van der Waals surface area contributed by atoms with Crippen LogP contribution >= 0.6 is 0 Å². The van der Waals surface area contributed by atoms with Gasteiger partial charge < -0.3 is 20.6 Å². The van der Waals surface area contributed by atoms with Crippen LogP contribution in [0.25, 0.3) is 10.8 Å². The van der Waals surface area contributed by atoms with Gasteiger partial charge in [0, 0.05) is 11.1 Å². The summed E-state index contributed by atoms with van der Waals surface area (Å²) in [6.07, 6.45) is 0. The van der Waals surface area contributed by atoms with Crippen LogP contribution in [-0.2, 0) is 24.9 Å². The van der Waals surface area contributed by atoms with E-state index in [4.69, 9.17) is 4.78 Å². The Kier molecular flexibility index (Phi) is 8.53. The van der Waals surface area contributed by atoms with Gasteiger partial charge in [0.25, 0.3) is 16.0 Å². The Morgan fingerprint density at radius 1 is 0.884 bits per heavy atom. The van der Waals surface area contributed by atoms with E-state index in [2.05, 4.69) is 25.8 Å². The van der Waals surface area contributed by atoms with Crippen molar-refractivity contribution in [2.45, 2.75) is 16.7 Å². The largest absolute Gasteiger partial charge is 0.510 e. The Morgan fingerprint density at radius 3 is 2.21 bits per heavy atom. The van der Waals surface area contributed by atoms with Crippen LogP contribution in [0.3, 0.4) is 0 Å². The Balaban J connectivity index is 1.74. The fourth-order valence-electron chi connectivity index (χ4n) is 3.66. The zero-order valence-corrected chi connectivity index (χ0v) is 23.5. The lowest BCUT2D eigenvalue weighted by Crippen LogP contribution is -2.14. The smallest absolute Gasteiger partial charge is 0.296 e. The van der Waals surface area contributed by atoms with Gasteiger partial charge in [-0.3, -0.25) is 13.9 Å². The molecule has 0 saturated carbocycles. The topological polar surface area (TPSA) is 255 Å². The Bertz CT molecular complexity index is 2060. The van der Waals surface area contributed by atoms with Gasteiger partial charge in [-0.1, -0.05) is 18.2 Å². The SMILES string of the molecule is C/C(O)=C(\N=Nc1ccc2c(O)c(N=Nc3cc(S(=N)(=O)O)ccc3O)c(S(=O)(=O)O)cc2c1)C(=O)Nc1ccccc1. The average Bonchev–Trinajstić information content (AvgIpc) is 2.92. The third-order valence-corrected chi connectivity index (χ3v) is 7.45. The molecule has 0 radical (unpaired) electrons.